The molecular weight excluding hydrogens is 1040 g/mol. The van der Waals surface area contributed by atoms with Crippen molar-refractivity contribution in [1.29, 1.82) is 0 Å². The van der Waals surface area contributed by atoms with E-state index in [1.54, 1.807) is 0 Å². The minimum Gasteiger partial charge on any atom is -0.446 e. The molecule has 4 heterocycles. The van der Waals surface area contributed by atoms with Gasteiger partial charge in [-0.2, -0.15) is 0 Å². The van der Waals surface area contributed by atoms with Crippen LogP contribution in [0, 0.1) is 46.3 Å². The molecule has 19 unspecified atom stereocenters. The maximum Gasteiger partial charge on any atom is 0.407 e. The van der Waals surface area contributed by atoms with Gasteiger partial charge in [-0.15, -0.1) is 0 Å². The molecule has 8 rings (SSSR count). The minimum absolute atomic E-state index is 0.0583. The highest BCUT2D eigenvalue weighted by Crippen LogP contribution is 2.67. The van der Waals surface area contributed by atoms with Gasteiger partial charge in [-0.05, 0) is 105 Å². The van der Waals surface area contributed by atoms with Gasteiger partial charge in [0.2, 0.25) is 0 Å². The summed E-state index contributed by atoms with van der Waals surface area (Å²) in [5.41, 5.74) is 1.98. The number of amides is 1. The number of hydrogen-bond acceptors (Lipinski definition) is 22. The molecule has 4 aliphatic heterocycles. The smallest absolute Gasteiger partial charge is 0.407 e. The Hall–Kier alpha value is -1.79. The SMILES string of the molecule is CC(C)CCCC(C)C1CCC2C3CC=C4CC(OC(=O)NCCOCCOC5OC(CO)[C@@H](O[C@@H]6OC(CO)[C@@H](O)C(O)C6O[C@@H]6OC(C)[C@H](O)C(O)C6O)C(OC6O[C@@H](C)C(O)C(O)[C@H]6O)C5O)CC[C@]4(C)C3CC[C@]12C. The molecule has 0 radical (unpaired) electrons. The average molecular weight is 1130 g/mol. The van der Waals surface area contributed by atoms with E-state index in [1.807, 2.05) is 0 Å². The summed E-state index contributed by atoms with van der Waals surface area (Å²) < 4.78 is 58.7. The van der Waals surface area contributed by atoms with Crippen LogP contribution in [0.2, 0.25) is 0 Å². The predicted molar refractivity (Wildman–Crippen MR) is 277 cm³/mol. The second-order valence-corrected chi connectivity index (χ2v) is 25.1. The highest BCUT2D eigenvalue weighted by molar-refractivity contribution is 5.67. The van der Waals surface area contributed by atoms with Gasteiger partial charge in [0.25, 0.3) is 0 Å². The summed E-state index contributed by atoms with van der Waals surface area (Å²) in [5, 5.41) is 121. The monoisotopic (exact) mass is 1130 g/mol. The van der Waals surface area contributed by atoms with Crippen molar-refractivity contribution in [2.45, 2.75) is 248 Å². The zero-order valence-corrected chi connectivity index (χ0v) is 47.1. The first-order valence-corrected chi connectivity index (χ1v) is 29.3. The molecule has 4 saturated heterocycles. The number of carbonyl (C=O) groups excluding carboxylic acids is 1. The van der Waals surface area contributed by atoms with E-state index in [2.05, 4.69) is 46.0 Å². The zero-order valence-electron chi connectivity index (χ0n) is 47.1. The molecule has 0 aromatic rings. The van der Waals surface area contributed by atoms with Crippen molar-refractivity contribution in [3.63, 3.8) is 0 Å². The second-order valence-electron chi connectivity index (χ2n) is 25.1. The molecule has 23 nitrogen and oxygen atoms in total. The van der Waals surface area contributed by atoms with Gasteiger partial charge in [-0.3, -0.25) is 0 Å². The Kier molecular flexibility index (Phi) is 21.7. The Morgan fingerprint density at radius 3 is 1.92 bits per heavy atom. The first-order valence-electron chi connectivity index (χ1n) is 29.3. The fourth-order valence-corrected chi connectivity index (χ4v) is 15.0. The van der Waals surface area contributed by atoms with E-state index in [1.165, 1.54) is 64.4 Å². The quantitative estimate of drug-likeness (QED) is 0.0549. The molecule has 0 spiro atoms. The van der Waals surface area contributed by atoms with Gasteiger partial charge < -0.3 is 109 Å². The van der Waals surface area contributed by atoms with Gasteiger partial charge in [0.1, 0.15) is 91.6 Å². The lowest BCUT2D eigenvalue weighted by molar-refractivity contribution is -0.400. The first-order chi connectivity index (χ1) is 37.5. The summed E-state index contributed by atoms with van der Waals surface area (Å²) in [6.45, 7) is 13.3. The number of alkyl carbamates (subject to hydrolysis) is 1. The van der Waals surface area contributed by atoms with Crippen LogP contribution in [0.25, 0.3) is 0 Å². The maximum absolute atomic E-state index is 13.1. The lowest BCUT2D eigenvalue weighted by Crippen LogP contribution is -2.68. The van der Waals surface area contributed by atoms with Crippen LogP contribution in [0.3, 0.4) is 0 Å². The lowest BCUT2D eigenvalue weighted by Gasteiger charge is -2.58. The molecule has 1 amide bonds. The molecular formula is C56H95NO22. The third-order valence-corrected chi connectivity index (χ3v) is 19.7. The van der Waals surface area contributed by atoms with Crippen LogP contribution in [-0.2, 0) is 47.4 Å². The zero-order chi connectivity index (χ0) is 57.2. The van der Waals surface area contributed by atoms with Crippen molar-refractivity contribution in [3.05, 3.63) is 11.6 Å². The summed E-state index contributed by atoms with van der Waals surface area (Å²) in [6, 6.07) is 0. The van der Waals surface area contributed by atoms with Crippen LogP contribution in [0.5, 0.6) is 0 Å². The second kappa shape index (κ2) is 27.1. The normalized spacial score (nSPS) is 47.6. The molecule has 28 atom stereocenters. The van der Waals surface area contributed by atoms with Crippen LogP contribution in [0.1, 0.15) is 119 Å². The number of aliphatic hydroxyl groups is 11. The third-order valence-electron chi connectivity index (χ3n) is 19.7. The molecule has 0 aromatic carbocycles. The molecule has 0 aromatic heterocycles. The fourth-order valence-electron chi connectivity index (χ4n) is 15.0. The number of aliphatic hydroxyl groups excluding tert-OH is 11. The van der Waals surface area contributed by atoms with Gasteiger partial charge in [0.05, 0.1) is 45.2 Å². The molecule has 12 N–H and O–H groups in total. The van der Waals surface area contributed by atoms with Crippen molar-refractivity contribution >= 4 is 6.09 Å². The summed E-state index contributed by atoms with van der Waals surface area (Å²) in [6.07, 6.45) is -18.6. The number of rotatable bonds is 21. The van der Waals surface area contributed by atoms with Gasteiger partial charge in [0, 0.05) is 13.0 Å². The van der Waals surface area contributed by atoms with Crippen molar-refractivity contribution in [3.8, 4) is 0 Å². The van der Waals surface area contributed by atoms with Crippen molar-refractivity contribution in [2.75, 3.05) is 39.6 Å². The molecule has 456 valence electrons. The van der Waals surface area contributed by atoms with Crippen LogP contribution < -0.4 is 5.32 Å². The molecule has 0 bridgehead atoms. The Balaban J connectivity index is 0.829. The van der Waals surface area contributed by atoms with E-state index in [-0.39, 0.29) is 37.9 Å². The van der Waals surface area contributed by atoms with Crippen LogP contribution in [-0.4, -0.2) is 231 Å². The van der Waals surface area contributed by atoms with Crippen molar-refractivity contribution in [2.24, 2.45) is 46.3 Å². The minimum atomic E-state index is -1.94. The number of fused-ring (bicyclic) bond motifs is 5. The van der Waals surface area contributed by atoms with E-state index in [4.69, 9.17) is 47.4 Å². The van der Waals surface area contributed by atoms with E-state index in [9.17, 15) is 61.0 Å². The molecule has 3 saturated carbocycles. The maximum atomic E-state index is 13.1. The highest BCUT2D eigenvalue weighted by atomic mass is 16.8. The van der Waals surface area contributed by atoms with Gasteiger partial charge in [-0.1, -0.05) is 65.5 Å². The fraction of sp³-hybridized carbons (Fsp3) is 0.946. The van der Waals surface area contributed by atoms with Crippen LogP contribution in [0.15, 0.2) is 11.6 Å². The van der Waals surface area contributed by atoms with Gasteiger partial charge in [-0.25, -0.2) is 4.79 Å². The number of allylic oxidation sites excluding steroid dienone is 1. The number of nitrogens with one attached hydrogen (secondary N) is 1. The number of ether oxygens (including phenoxy) is 10. The number of hydrogen-bond donors (Lipinski definition) is 12. The molecule has 7 fully saturated rings. The summed E-state index contributed by atoms with van der Waals surface area (Å²) in [5.74, 6) is 4.47. The van der Waals surface area contributed by atoms with E-state index in [0.717, 1.165) is 49.4 Å². The largest absolute Gasteiger partial charge is 0.446 e. The van der Waals surface area contributed by atoms with Crippen LogP contribution >= 0.6 is 0 Å². The average Bonchev–Trinajstić information content (AvgIpc) is 3.87. The van der Waals surface area contributed by atoms with E-state index < -0.39 is 142 Å². The molecule has 79 heavy (non-hydrogen) atoms. The summed E-state index contributed by atoms with van der Waals surface area (Å²) in [7, 11) is 0. The van der Waals surface area contributed by atoms with E-state index in [0.29, 0.717) is 17.3 Å². The highest BCUT2D eigenvalue weighted by Gasteiger charge is 2.60. The summed E-state index contributed by atoms with van der Waals surface area (Å²) in [4.78, 5) is 13.1. The molecule has 8 aliphatic rings. The molecule has 23 heteroatoms. The van der Waals surface area contributed by atoms with Gasteiger partial charge in [0.15, 0.2) is 25.2 Å². The predicted octanol–water partition coefficient (Wildman–Crippen LogP) is 0.484. The standard InChI is InChI=1S/C56H95NO22/c1-26(2)9-8-10-27(3)33-13-14-34-32-12-11-30-23-31(15-17-55(30,6)35(32)16-18-56(33,34)7)74-54(69)57-19-20-70-21-22-71-50-46(68)48(78-51-44(66)41(63)38(60)28(4)72-51)47(37(25-59)76-50)77-53-49(43(65)40(62)36(24-58)75-53)79-52-45(67)42(64)39(61)29(5)73-52/h11,26-29,31-53,58-68H,8-10,12-25H2,1-7H3,(H,57,69)/t27?,28-,29?,31?,32?,33?,34?,35?,36?,37?,38?,39-,40+,41?,42?,43?,44+,45?,46?,47+,48?,49?,50?,51?,52-,53-,55-,56+/m0/s1. The Bertz CT molecular complexity index is 1970. The van der Waals surface area contributed by atoms with Crippen molar-refractivity contribution in [1.82, 2.24) is 5.32 Å². The lowest BCUT2D eigenvalue weighted by atomic mass is 9.47. The Morgan fingerprint density at radius 1 is 0.646 bits per heavy atom. The first kappa shape index (κ1) is 63.2. The topological polar surface area (TPSA) is 344 Å². The molecule has 4 aliphatic carbocycles. The summed E-state index contributed by atoms with van der Waals surface area (Å²) >= 11 is 0. The van der Waals surface area contributed by atoms with E-state index >= 15 is 0 Å². The van der Waals surface area contributed by atoms with Crippen LogP contribution in [0.4, 0.5) is 4.79 Å². The van der Waals surface area contributed by atoms with Gasteiger partial charge >= 0.3 is 6.09 Å². The Labute approximate surface area is 464 Å². The number of carbonyl (C=O) groups is 1. The third kappa shape index (κ3) is 13.5. The van der Waals surface area contributed by atoms with Crippen molar-refractivity contribution < 1.29 is 108 Å². The Morgan fingerprint density at radius 2 is 1.28 bits per heavy atom.